The molecule has 0 unspecified atom stereocenters. The van der Waals surface area contributed by atoms with Gasteiger partial charge in [0.1, 0.15) is 28.7 Å². The van der Waals surface area contributed by atoms with E-state index in [1.165, 1.54) is 19.2 Å². The molecule has 1 N–H and O–H groups in total. The Kier molecular flexibility index (Phi) is 4.62. The minimum Gasteiger partial charge on any atom is -0.465 e. The van der Waals surface area contributed by atoms with E-state index in [0.717, 1.165) is 6.07 Å². The van der Waals surface area contributed by atoms with Crippen LogP contribution in [0.2, 0.25) is 0 Å². The van der Waals surface area contributed by atoms with Crippen LogP contribution < -0.4 is 5.32 Å². The van der Waals surface area contributed by atoms with Crippen molar-refractivity contribution in [2.24, 2.45) is 0 Å². The van der Waals surface area contributed by atoms with E-state index >= 15 is 0 Å². The zero-order valence-corrected chi connectivity index (χ0v) is 12.9. The van der Waals surface area contributed by atoms with E-state index in [1.807, 2.05) is 0 Å². The Balaban J connectivity index is 2.14. The molecule has 0 saturated heterocycles. The predicted octanol–water partition coefficient (Wildman–Crippen LogP) is 4.03. The standard InChI is InChI=1S/C14H12BrF2NO3/c1-7-9(14(19)20-2)3-8(21-7)6-18-13-4-10(15)11(16)5-12(13)17/h3-5,18H,6H2,1-2H3. The molecule has 7 heteroatoms. The fourth-order valence-electron chi connectivity index (χ4n) is 1.78. The number of halogens is 3. The Morgan fingerprint density at radius 1 is 1.33 bits per heavy atom. The lowest BCUT2D eigenvalue weighted by Crippen LogP contribution is -2.02. The lowest BCUT2D eigenvalue weighted by atomic mass is 10.2. The molecule has 0 bridgehead atoms. The van der Waals surface area contributed by atoms with Gasteiger partial charge in [-0.15, -0.1) is 0 Å². The Hall–Kier alpha value is -1.89. The summed E-state index contributed by atoms with van der Waals surface area (Å²) in [6.45, 7) is 1.78. The molecule has 0 atom stereocenters. The number of anilines is 1. The summed E-state index contributed by atoms with van der Waals surface area (Å²) in [5, 5.41) is 2.78. The molecule has 0 fully saturated rings. The van der Waals surface area contributed by atoms with E-state index in [2.05, 4.69) is 26.0 Å². The first-order valence-electron chi connectivity index (χ1n) is 5.98. The summed E-state index contributed by atoms with van der Waals surface area (Å²) >= 11 is 2.98. The van der Waals surface area contributed by atoms with Gasteiger partial charge in [-0.25, -0.2) is 13.6 Å². The van der Waals surface area contributed by atoms with Crippen LogP contribution in [-0.4, -0.2) is 13.1 Å². The molecule has 4 nitrogen and oxygen atoms in total. The summed E-state index contributed by atoms with van der Waals surface area (Å²) in [6.07, 6.45) is 0. The monoisotopic (exact) mass is 359 g/mol. The Morgan fingerprint density at radius 2 is 2.05 bits per heavy atom. The van der Waals surface area contributed by atoms with Crippen LogP contribution >= 0.6 is 15.9 Å². The average Bonchev–Trinajstić information content (AvgIpc) is 2.81. The topological polar surface area (TPSA) is 51.5 Å². The molecule has 0 aliphatic carbocycles. The zero-order chi connectivity index (χ0) is 15.6. The summed E-state index contributed by atoms with van der Waals surface area (Å²) < 4.78 is 36.8. The third-order valence-electron chi connectivity index (χ3n) is 2.84. The van der Waals surface area contributed by atoms with Crippen molar-refractivity contribution < 1.29 is 22.7 Å². The van der Waals surface area contributed by atoms with Gasteiger partial charge >= 0.3 is 5.97 Å². The molecule has 1 aromatic heterocycles. The number of nitrogens with one attached hydrogen (secondary N) is 1. The Morgan fingerprint density at radius 3 is 2.71 bits per heavy atom. The van der Waals surface area contributed by atoms with Gasteiger partial charge < -0.3 is 14.5 Å². The highest BCUT2D eigenvalue weighted by molar-refractivity contribution is 9.10. The van der Waals surface area contributed by atoms with Crippen LogP contribution in [0.25, 0.3) is 0 Å². The molecule has 1 aromatic carbocycles. The highest BCUT2D eigenvalue weighted by Crippen LogP contribution is 2.24. The fraction of sp³-hybridized carbons (Fsp3) is 0.214. The molecule has 1 heterocycles. The summed E-state index contributed by atoms with van der Waals surface area (Å²) in [7, 11) is 1.28. The number of hydrogen-bond acceptors (Lipinski definition) is 4. The van der Waals surface area contributed by atoms with E-state index in [-0.39, 0.29) is 16.7 Å². The summed E-state index contributed by atoms with van der Waals surface area (Å²) in [5.74, 6) is -1.04. The number of methoxy groups -OCH3 is 1. The Bertz CT molecular complexity index is 685. The van der Waals surface area contributed by atoms with E-state index in [1.54, 1.807) is 6.92 Å². The van der Waals surface area contributed by atoms with Crippen molar-refractivity contribution in [1.82, 2.24) is 0 Å². The summed E-state index contributed by atoms with van der Waals surface area (Å²) in [4.78, 5) is 11.4. The second kappa shape index (κ2) is 6.26. The van der Waals surface area contributed by atoms with Crippen LogP contribution in [0.15, 0.2) is 27.1 Å². The second-order valence-electron chi connectivity index (χ2n) is 4.27. The lowest BCUT2D eigenvalue weighted by molar-refractivity contribution is 0.0599. The minimum absolute atomic E-state index is 0.122. The number of esters is 1. The number of rotatable bonds is 4. The van der Waals surface area contributed by atoms with Crippen molar-refractivity contribution in [3.63, 3.8) is 0 Å². The van der Waals surface area contributed by atoms with Crippen molar-refractivity contribution >= 4 is 27.6 Å². The molecule has 2 aromatic rings. The smallest absolute Gasteiger partial charge is 0.341 e. The van der Waals surface area contributed by atoms with Crippen LogP contribution in [-0.2, 0) is 11.3 Å². The Labute approximate surface area is 128 Å². The number of aryl methyl sites for hydroxylation is 1. The van der Waals surface area contributed by atoms with Crippen molar-refractivity contribution in [2.45, 2.75) is 13.5 Å². The van der Waals surface area contributed by atoms with Gasteiger partial charge in [-0.05, 0) is 35.0 Å². The van der Waals surface area contributed by atoms with Gasteiger partial charge in [0.25, 0.3) is 0 Å². The number of carbonyl (C=O) groups is 1. The van der Waals surface area contributed by atoms with E-state index in [4.69, 9.17) is 4.42 Å². The SMILES string of the molecule is COC(=O)c1cc(CNc2cc(Br)c(F)cc2F)oc1C. The molecule has 0 amide bonds. The van der Waals surface area contributed by atoms with Gasteiger partial charge in [-0.3, -0.25) is 0 Å². The highest BCUT2D eigenvalue weighted by Gasteiger charge is 2.15. The summed E-state index contributed by atoms with van der Waals surface area (Å²) in [5.41, 5.74) is 0.437. The van der Waals surface area contributed by atoms with Gasteiger partial charge in [-0.1, -0.05) is 0 Å². The normalized spacial score (nSPS) is 10.5. The predicted molar refractivity (Wildman–Crippen MR) is 76.2 cm³/mol. The van der Waals surface area contributed by atoms with Gasteiger partial charge in [-0.2, -0.15) is 0 Å². The maximum absolute atomic E-state index is 13.6. The molecule has 2 rings (SSSR count). The first-order chi connectivity index (χ1) is 9.92. The molecular weight excluding hydrogens is 348 g/mol. The number of hydrogen-bond donors (Lipinski definition) is 1. The molecular formula is C14H12BrF2NO3. The third-order valence-corrected chi connectivity index (χ3v) is 3.44. The van der Waals surface area contributed by atoms with E-state index in [9.17, 15) is 13.6 Å². The lowest BCUT2D eigenvalue weighted by Gasteiger charge is -2.07. The van der Waals surface area contributed by atoms with Gasteiger partial charge in [0.15, 0.2) is 0 Å². The molecule has 0 aliphatic heterocycles. The van der Waals surface area contributed by atoms with Crippen LogP contribution in [0, 0.1) is 18.6 Å². The molecule has 0 aliphatic rings. The molecule has 0 radical (unpaired) electrons. The fourth-order valence-corrected chi connectivity index (χ4v) is 2.13. The number of carbonyl (C=O) groups excluding carboxylic acids is 1. The van der Waals surface area contributed by atoms with E-state index in [0.29, 0.717) is 17.1 Å². The van der Waals surface area contributed by atoms with Crippen molar-refractivity contribution in [1.29, 1.82) is 0 Å². The molecule has 0 saturated carbocycles. The molecule has 0 spiro atoms. The zero-order valence-electron chi connectivity index (χ0n) is 11.3. The highest BCUT2D eigenvalue weighted by atomic mass is 79.9. The number of benzene rings is 1. The average molecular weight is 360 g/mol. The van der Waals surface area contributed by atoms with Crippen molar-refractivity contribution in [3.8, 4) is 0 Å². The van der Waals surface area contributed by atoms with Crippen LogP contribution in [0.5, 0.6) is 0 Å². The molecule has 21 heavy (non-hydrogen) atoms. The first kappa shape index (κ1) is 15.5. The van der Waals surface area contributed by atoms with Crippen LogP contribution in [0.1, 0.15) is 21.9 Å². The number of furan rings is 1. The maximum Gasteiger partial charge on any atom is 0.341 e. The van der Waals surface area contributed by atoms with Gasteiger partial charge in [0, 0.05) is 6.07 Å². The summed E-state index contributed by atoms with van der Waals surface area (Å²) in [6, 6.07) is 3.59. The largest absolute Gasteiger partial charge is 0.465 e. The first-order valence-corrected chi connectivity index (χ1v) is 6.77. The van der Waals surface area contributed by atoms with Crippen LogP contribution in [0.4, 0.5) is 14.5 Å². The van der Waals surface area contributed by atoms with E-state index < -0.39 is 17.6 Å². The maximum atomic E-state index is 13.6. The molecule has 112 valence electrons. The minimum atomic E-state index is -0.716. The van der Waals surface area contributed by atoms with Crippen molar-refractivity contribution in [2.75, 3.05) is 12.4 Å². The number of ether oxygens (including phenoxy) is 1. The quantitative estimate of drug-likeness (QED) is 0.661. The van der Waals surface area contributed by atoms with Crippen LogP contribution in [0.3, 0.4) is 0 Å². The third kappa shape index (κ3) is 3.41. The second-order valence-corrected chi connectivity index (χ2v) is 5.13. The van der Waals surface area contributed by atoms with Crippen molar-refractivity contribution in [3.05, 3.63) is 51.4 Å². The van der Waals surface area contributed by atoms with Gasteiger partial charge in [0.05, 0.1) is 23.8 Å². The van der Waals surface area contributed by atoms with Gasteiger partial charge in [0.2, 0.25) is 0 Å².